The van der Waals surface area contributed by atoms with Crippen LogP contribution in [0.4, 0.5) is 0 Å². The van der Waals surface area contributed by atoms with Crippen LogP contribution in [-0.2, 0) is 0 Å². The monoisotopic (exact) mass is 122 g/mol. The fourth-order valence-electron chi connectivity index (χ4n) is 1.32. The van der Waals surface area contributed by atoms with Crippen LogP contribution in [-0.4, -0.2) is 0 Å². The zero-order valence-electron chi connectivity index (χ0n) is 6.49. The summed E-state index contributed by atoms with van der Waals surface area (Å²) in [6.45, 7) is 10.6. The molecule has 0 saturated heterocycles. The van der Waals surface area contributed by atoms with Gasteiger partial charge >= 0.3 is 0 Å². The molecular weight excluding hydrogens is 108 g/mol. The fraction of sp³-hybridized carbons (Fsp3) is 0.556. The summed E-state index contributed by atoms with van der Waals surface area (Å²) in [5.74, 6) is 0.748. The van der Waals surface area contributed by atoms with Crippen LogP contribution in [0.1, 0.15) is 27.2 Å². The van der Waals surface area contributed by atoms with Crippen molar-refractivity contribution >= 4 is 0 Å². The molecule has 9 heavy (non-hydrogen) atoms. The quantitative estimate of drug-likeness (QED) is 0.463. The van der Waals surface area contributed by atoms with Gasteiger partial charge in [0.1, 0.15) is 0 Å². The van der Waals surface area contributed by atoms with Gasteiger partial charge in [0.25, 0.3) is 0 Å². The second-order valence-corrected chi connectivity index (χ2v) is 3.02. The first-order valence-corrected chi connectivity index (χ1v) is 3.48. The molecule has 0 radical (unpaired) electrons. The predicted octanol–water partition coefficient (Wildman–Crippen LogP) is 2.92. The first-order valence-electron chi connectivity index (χ1n) is 3.48. The van der Waals surface area contributed by atoms with Gasteiger partial charge in [0.15, 0.2) is 0 Å². The van der Waals surface area contributed by atoms with Gasteiger partial charge in [0.05, 0.1) is 0 Å². The molecule has 0 heterocycles. The normalized spacial score (nSPS) is 27.9. The summed E-state index contributed by atoms with van der Waals surface area (Å²) in [6, 6.07) is 0. The van der Waals surface area contributed by atoms with Crippen LogP contribution >= 0.6 is 0 Å². The molecule has 1 atom stereocenters. The van der Waals surface area contributed by atoms with Gasteiger partial charge in [-0.25, -0.2) is 0 Å². The van der Waals surface area contributed by atoms with Crippen molar-refractivity contribution < 1.29 is 0 Å². The van der Waals surface area contributed by atoms with Gasteiger partial charge in [-0.2, -0.15) is 0 Å². The Labute approximate surface area is 57.3 Å². The molecule has 0 fully saturated rings. The lowest BCUT2D eigenvalue weighted by Crippen LogP contribution is -1.86. The average Bonchev–Trinajstić information content (AvgIpc) is 1.98. The van der Waals surface area contributed by atoms with Crippen molar-refractivity contribution in [2.75, 3.05) is 0 Å². The Balaban J connectivity index is 2.92. The fourth-order valence-corrected chi connectivity index (χ4v) is 1.32. The minimum atomic E-state index is 0.748. The van der Waals surface area contributed by atoms with Gasteiger partial charge in [-0.1, -0.05) is 24.6 Å². The highest BCUT2D eigenvalue weighted by Crippen LogP contribution is 2.33. The average molecular weight is 122 g/mol. The van der Waals surface area contributed by atoms with E-state index in [-0.39, 0.29) is 0 Å². The van der Waals surface area contributed by atoms with Crippen LogP contribution < -0.4 is 0 Å². The van der Waals surface area contributed by atoms with Gasteiger partial charge in [0, 0.05) is 0 Å². The highest BCUT2D eigenvalue weighted by atomic mass is 14.2. The van der Waals surface area contributed by atoms with E-state index in [1.54, 1.807) is 0 Å². The topological polar surface area (TPSA) is 0 Å². The van der Waals surface area contributed by atoms with Gasteiger partial charge < -0.3 is 0 Å². The summed E-state index contributed by atoms with van der Waals surface area (Å²) < 4.78 is 0. The van der Waals surface area contributed by atoms with Crippen molar-refractivity contribution in [3.63, 3.8) is 0 Å². The lowest BCUT2D eigenvalue weighted by molar-refractivity contribution is 0.716. The molecule has 0 N–H and O–H groups in total. The Morgan fingerprint density at radius 2 is 2.00 bits per heavy atom. The third kappa shape index (κ3) is 0.937. The first-order chi connectivity index (χ1) is 4.13. The molecule has 0 aliphatic heterocycles. The molecule has 0 bridgehead atoms. The summed E-state index contributed by atoms with van der Waals surface area (Å²) in [7, 11) is 0. The highest BCUT2D eigenvalue weighted by molar-refractivity contribution is 5.38. The molecule has 0 aromatic carbocycles. The number of hydrogen-bond donors (Lipinski definition) is 0. The molecule has 1 aliphatic rings. The van der Waals surface area contributed by atoms with E-state index in [1.165, 1.54) is 23.1 Å². The van der Waals surface area contributed by atoms with Gasteiger partial charge in [0.2, 0.25) is 0 Å². The summed E-state index contributed by atoms with van der Waals surface area (Å²) in [6.07, 6.45) is 1.18. The lowest BCUT2D eigenvalue weighted by atomic mass is 10.1. The first kappa shape index (κ1) is 6.60. The molecule has 0 nitrogen and oxygen atoms in total. The van der Waals surface area contributed by atoms with E-state index >= 15 is 0 Å². The van der Waals surface area contributed by atoms with Crippen LogP contribution in [0.5, 0.6) is 0 Å². The van der Waals surface area contributed by atoms with Crippen molar-refractivity contribution in [1.29, 1.82) is 0 Å². The van der Waals surface area contributed by atoms with Crippen LogP contribution in [0, 0.1) is 5.92 Å². The third-order valence-corrected chi connectivity index (χ3v) is 2.41. The standard InChI is InChI=1S/C9H14/c1-6-5-7(2)9(4)8(6)3/h7H,1,5H2,2-4H3. The molecule has 50 valence electrons. The molecule has 0 aromatic rings. The molecule has 0 saturated carbocycles. The number of hydrogen-bond acceptors (Lipinski definition) is 0. The predicted molar refractivity (Wildman–Crippen MR) is 41.3 cm³/mol. The maximum atomic E-state index is 3.98. The second-order valence-electron chi connectivity index (χ2n) is 3.02. The van der Waals surface area contributed by atoms with E-state index < -0.39 is 0 Å². The van der Waals surface area contributed by atoms with Crippen molar-refractivity contribution in [3.05, 3.63) is 23.3 Å². The highest BCUT2D eigenvalue weighted by Gasteiger charge is 2.17. The van der Waals surface area contributed by atoms with Gasteiger partial charge in [-0.05, 0) is 31.8 Å². The van der Waals surface area contributed by atoms with Gasteiger partial charge in [-0.3, -0.25) is 0 Å². The van der Waals surface area contributed by atoms with Crippen molar-refractivity contribution in [2.45, 2.75) is 27.2 Å². The Hall–Kier alpha value is -0.520. The van der Waals surface area contributed by atoms with E-state index in [9.17, 15) is 0 Å². The van der Waals surface area contributed by atoms with Gasteiger partial charge in [-0.15, -0.1) is 0 Å². The minimum absolute atomic E-state index is 0.748. The smallest absolute Gasteiger partial charge is 0.0188 e. The van der Waals surface area contributed by atoms with Crippen molar-refractivity contribution in [1.82, 2.24) is 0 Å². The maximum absolute atomic E-state index is 3.98. The second kappa shape index (κ2) is 2.02. The van der Waals surface area contributed by atoms with E-state index in [1.807, 2.05) is 0 Å². The third-order valence-electron chi connectivity index (χ3n) is 2.41. The Bertz CT molecular complexity index is 172. The van der Waals surface area contributed by atoms with E-state index in [0.717, 1.165) is 5.92 Å². The SMILES string of the molecule is C=C1CC(C)C(C)=C1C. The largest absolute Gasteiger partial charge is 0.0955 e. The number of allylic oxidation sites excluding steroid dienone is 3. The van der Waals surface area contributed by atoms with Crippen molar-refractivity contribution in [2.24, 2.45) is 5.92 Å². The van der Waals surface area contributed by atoms with Crippen LogP contribution in [0.25, 0.3) is 0 Å². The molecule has 1 aliphatic carbocycles. The summed E-state index contributed by atoms with van der Waals surface area (Å²) >= 11 is 0. The maximum Gasteiger partial charge on any atom is -0.0188 e. The summed E-state index contributed by atoms with van der Waals surface area (Å²) in [5.41, 5.74) is 4.29. The molecular formula is C9H14. The Morgan fingerprint density at radius 1 is 1.44 bits per heavy atom. The van der Waals surface area contributed by atoms with E-state index in [4.69, 9.17) is 0 Å². The molecule has 0 amide bonds. The molecule has 1 unspecified atom stereocenters. The van der Waals surface area contributed by atoms with Crippen LogP contribution in [0.2, 0.25) is 0 Å². The zero-order chi connectivity index (χ0) is 7.02. The summed E-state index contributed by atoms with van der Waals surface area (Å²) in [4.78, 5) is 0. The van der Waals surface area contributed by atoms with Crippen molar-refractivity contribution in [3.8, 4) is 0 Å². The van der Waals surface area contributed by atoms with Crippen LogP contribution in [0.15, 0.2) is 23.3 Å². The molecule has 0 spiro atoms. The van der Waals surface area contributed by atoms with E-state index in [0.29, 0.717) is 0 Å². The minimum Gasteiger partial charge on any atom is -0.0955 e. The Morgan fingerprint density at radius 3 is 2.11 bits per heavy atom. The Kier molecular flexibility index (Phi) is 1.48. The molecule has 0 aromatic heterocycles. The molecule has 0 heteroatoms. The molecule has 1 rings (SSSR count). The van der Waals surface area contributed by atoms with E-state index in [2.05, 4.69) is 27.4 Å². The van der Waals surface area contributed by atoms with Crippen LogP contribution in [0.3, 0.4) is 0 Å². The zero-order valence-corrected chi connectivity index (χ0v) is 6.49. The summed E-state index contributed by atoms with van der Waals surface area (Å²) in [5, 5.41) is 0. The number of rotatable bonds is 0. The lowest BCUT2D eigenvalue weighted by Gasteiger charge is -1.99.